The molecule has 156 valence electrons. The summed E-state index contributed by atoms with van der Waals surface area (Å²) in [5, 5.41) is 1.09. The first-order valence-corrected chi connectivity index (χ1v) is 10.2. The molecule has 0 spiro atoms. The van der Waals surface area contributed by atoms with Gasteiger partial charge in [0.2, 0.25) is 0 Å². The van der Waals surface area contributed by atoms with Crippen molar-refractivity contribution >= 4 is 10.9 Å². The zero-order valence-electron chi connectivity index (χ0n) is 17.0. The lowest BCUT2D eigenvalue weighted by molar-refractivity contribution is -0.137. The predicted molar refractivity (Wildman–Crippen MR) is 123 cm³/mol. The van der Waals surface area contributed by atoms with Crippen LogP contribution < -0.4 is 0 Å². The Morgan fingerprint density at radius 1 is 0.500 bits per heavy atom. The number of halogens is 3. The molecule has 0 radical (unpaired) electrons. The van der Waals surface area contributed by atoms with Crippen LogP contribution in [0.2, 0.25) is 0 Å². The molecular formula is C28H18F3N. The van der Waals surface area contributed by atoms with Gasteiger partial charge < -0.3 is 0 Å². The number of aromatic nitrogens is 1. The van der Waals surface area contributed by atoms with E-state index >= 15 is 0 Å². The molecule has 0 aliphatic carbocycles. The second-order valence-electron chi connectivity index (χ2n) is 7.63. The van der Waals surface area contributed by atoms with Gasteiger partial charge in [-0.05, 0) is 52.6 Å². The van der Waals surface area contributed by atoms with Crippen molar-refractivity contribution in [3.8, 4) is 33.5 Å². The molecule has 4 aromatic carbocycles. The molecular weight excluding hydrogens is 407 g/mol. The number of fused-ring (bicyclic) bond motifs is 1. The predicted octanol–water partition coefficient (Wildman–Crippen LogP) is 8.25. The number of pyridine rings is 1. The molecule has 1 aromatic heterocycles. The molecule has 0 fully saturated rings. The highest BCUT2D eigenvalue weighted by molar-refractivity contribution is 5.82. The fourth-order valence-electron chi connectivity index (χ4n) is 3.82. The molecule has 0 saturated carbocycles. The van der Waals surface area contributed by atoms with E-state index in [9.17, 15) is 13.2 Å². The summed E-state index contributed by atoms with van der Waals surface area (Å²) in [5.74, 6) is 0. The summed E-state index contributed by atoms with van der Waals surface area (Å²) in [6.45, 7) is 0. The maximum absolute atomic E-state index is 13.0. The van der Waals surface area contributed by atoms with Crippen LogP contribution in [0.5, 0.6) is 0 Å². The van der Waals surface area contributed by atoms with Gasteiger partial charge in [-0.1, -0.05) is 78.9 Å². The minimum atomic E-state index is -4.35. The number of rotatable bonds is 3. The first-order valence-electron chi connectivity index (χ1n) is 10.2. The normalized spacial score (nSPS) is 11.6. The molecule has 32 heavy (non-hydrogen) atoms. The minimum absolute atomic E-state index is 0.542. The Morgan fingerprint density at radius 2 is 1.12 bits per heavy atom. The van der Waals surface area contributed by atoms with Gasteiger partial charge in [0.15, 0.2) is 0 Å². The Hall–Kier alpha value is -3.92. The van der Waals surface area contributed by atoms with E-state index in [4.69, 9.17) is 4.98 Å². The van der Waals surface area contributed by atoms with E-state index in [1.165, 1.54) is 12.1 Å². The van der Waals surface area contributed by atoms with Crippen molar-refractivity contribution in [2.45, 2.75) is 6.18 Å². The molecule has 0 amide bonds. The third-order valence-electron chi connectivity index (χ3n) is 5.50. The monoisotopic (exact) mass is 425 g/mol. The van der Waals surface area contributed by atoms with Crippen LogP contribution in [0.4, 0.5) is 13.2 Å². The van der Waals surface area contributed by atoms with Gasteiger partial charge in [0.25, 0.3) is 0 Å². The molecule has 0 unspecified atom stereocenters. The SMILES string of the molecule is FC(F)(F)c1cccc(-c2ccc(-c3cccc(-c4ccc5ccccc5n4)c3)cc2)c1. The van der Waals surface area contributed by atoms with Gasteiger partial charge in [-0.2, -0.15) is 13.2 Å². The van der Waals surface area contributed by atoms with Gasteiger partial charge in [-0.3, -0.25) is 0 Å². The van der Waals surface area contributed by atoms with Crippen molar-refractivity contribution < 1.29 is 13.2 Å². The summed E-state index contributed by atoms with van der Waals surface area (Å²) >= 11 is 0. The van der Waals surface area contributed by atoms with Gasteiger partial charge >= 0.3 is 6.18 Å². The van der Waals surface area contributed by atoms with E-state index in [1.54, 1.807) is 6.07 Å². The Morgan fingerprint density at radius 3 is 1.84 bits per heavy atom. The summed E-state index contributed by atoms with van der Waals surface area (Å²) < 4.78 is 39.1. The smallest absolute Gasteiger partial charge is 0.248 e. The van der Waals surface area contributed by atoms with Crippen molar-refractivity contribution in [1.82, 2.24) is 4.98 Å². The van der Waals surface area contributed by atoms with Crippen LogP contribution in [0.1, 0.15) is 5.56 Å². The Bertz CT molecular complexity index is 1400. The molecule has 0 saturated heterocycles. The highest BCUT2D eigenvalue weighted by Gasteiger charge is 2.30. The van der Waals surface area contributed by atoms with E-state index in [0.717, 1.165) is 44.9 Å². The fourth-order valence-corrected chi connectivity index (χ4v) is 3.82. The second kappa shape index (κ2) is 7.97. The van der Waals surface area contributed by atoms with Crippen molar-refractivity contribution in [3.05, 3.63) is 115 Å². The third kappa shape index (κ3) is 4.00. The van der Waals surface area contributed by atoms with E-state index in [-0.39, 0.29) is 0 Å². The topological polar surface area (TPSA) is 12.9 Å². The lowest BCUT2D eigenvalue weighted by atomic mass is 9.97. The van der Waals surface area contributed by atoms with E-state index in [2.05, 4.69) is 12.1 Å². The summed E-state index contributed by atoms with van der Waals surface area (Å²) in [5.41, 5.74) is 5.50. The molecule has 0 bridgehead atoms. The van der Waals surface area contributed by atoms with Gasteiger partial charge in [0, 0.05) is 10.9 Å². The highest BCUT2D eigenvalue weighted by atomic mass is 19.4. The van der Waals surface area contributed by atoms with Crippen LogP contribution in [0.3, 0.4) is 0 Å². The second-order valence-corrected chi connectivity index (χ2v) is 7.63. The lowest BCUT2D eigenvalue weighted by Crippen LogP contribution is -2.04. The molecule has 4 heteroatoms. The van der Waals surface area contributed by atoms with Crippen molar-refractivity contribution in [3.63, 3.8) is 0 Å². The lowest BCUT2D eigenvalue weighted by Gasteiger charge is -2.10. The van der Waals surface area contributed by atoms with Crippen LogP contribution in [-0.2, 0) is 6.18 Å². The maximum atomic E-state index is 13.0. The number of benzene rings is 4. The summed E-state index contributed by atoms with van der Waals surface area (Å²) in [4.78, 5) is 4.77. The molecule has 5 aromatic rings. The number of alkyl halides is 3. The molecule has 5 rings (SSSR count). The number of para-hydroxylation sites is 1. The van der Waals surface area contributed by atoms with Crippen molar-refractivity contribution in [1.29, 1.82) is 0 Å². The third-order valence-corrected chi connectivity index (χ3v) is 5.50. The van der Waals surface area contributed by atoms with Crippen molar-refractivity contribution in [2.24, 2.45) is 0 Å². The molecule has 0 atom stereocenters. The highest BCUT2D eigenvalue weighted by Crippen LogP contribution is 2.33. The average molecular weight is 425 g/mol. The largest absolute Gasteiger partial charge is 0.416 e. The van der Waals surface area contributed by atoms with Crippen molar-refractivity contribution in [2.75, 3.05) is 0 Å². The number of hydrogen-bond acceptors (Lipinski definition) is 1. The Balaban J connectivity index is 1.46. The quantitative estimate of drug-likeness (QED) is 0.284. The van der Waals surface area contributed by atoms with Crippen LogP contribution in [0, 0.1) is 0 Å². The molecule has 0 aliphatic heterocycles. The van der Waals surface area contributed by atoms with Gasteiger partial charge in [0.1, 0.15) is 0 Å². The zero-order valence-corrected chi connectivity index (χ0v) is 17.0. The first kappa shape index (κ1) is 20.0. The summed E-state index contributed by atoms with van der Waals surface area (Å²) in [7, 11) is 0. The van der Waals surface area contributed by atoms with Gasteiger partial charge in [-0.15, -0.1) is 0 Å². The van der Waals surface area contributed by atoms with Crippen LogP contribution in [0.15, 0.2) is 109 Å². The van der Waals surface area contributed by atoms with Gasteiger partial charge in [-0.25, -0.2) is 4.98 Å². The van der Waals surface area contributed by atoms with E-state index in [0.29, 0.717) is 5.56 Å². The van der Waals surface area contributed by atoms with E-state index < -0.39 is 11.7 Å². The Labute approximate surface area is 183 Å². The zero-order chi connectivity index (χ0) is 22.1. The number of hydrogen-bond donors (Lipinski definition) is 0. The molecule has 1 nitrogen and oxygen atoms in total. The van der Waals surface area contributed by atoms with E-state index in [1.807, 2.05) is 72.8 Å². The van der Waals surface area contributed by atoms with Crippen LogP contribution in [0.25, 0.3) is 44.4 Å². The molecule has 1 heterocycles. The number of nitrogens with zero attached hydrogens (tertiary/aromatic N) is 1. The van der Waals surface area contributed by atoms with Gasteiger partial charge in [0.05, 0.1) is 16.8 Å². The summed E-state index contributed by atoms with van der Waals surface area (Å²) in [6, 6.07) is 33.2. The minimum Gasteiger partial charge on any atom is -0.248 e. The van der Waals surface area contributed by atoms with Crippen LogP contribution in [-0.4, -0.2) is 4.98 Å². The van der Waals surface area contributed by atoms with Crippen LogP contribution >= 0.6 is 0 Å². The standard InChI is InChI=1S/C28H18F3N/c29-28(30,31)25-9-4-7-23(18-25)20-13-11-19(12-14-20)22-6-3-8-24(17-22)27-16-15-21-5-1-2-10-26(21)32-27/h1-18H. The maximum Gasteiger partial charge on any atom is 0.416 e. The summed E-state index contributed by atoms with van der Waals surface area (Å²) in [6.07, 6.45) is -4.35. The molecule has 0 N–H and O–H groups in total. The Kier molecular flexibility index (Phi) is 4.98. The molecule has 0 aliphatic rings. The fraction of sp³-hybridized carbons (Fsp3) is 0.0357. The first-order chi connectivity index (χ1) is 15.5. The average Bonchev–Trinajstić information content (AvgIpc) is 2.83.